The summed E-state index contributed by atoms with van der Waals surface area (Å²) in [5.41, 5.74) is -0.283. The number of carbonyl (C=O) groups excluding carboxylic acids is 1. The highest BCUT2D eigenvalue weighted by Gasteiger charge is 2.41. The summed E-state index contributed by atoms with van der Waals surface area (Å²) in [6.45, 7) is 6.30. The molecule has 1 saturated heterocycles. The topological polar surface area (TPSA) is 53.3 Å². The number of amides is 1. The second-order valence-electron chi connectivity index (χ2n) is 6.85. The highest BCUT2D eigenvalue weighted by molar-refractivity contribution is 5.68. The fraction of sp³-hybridized carbons (Fsp3) is 0.529. The van der Waals surface area contributed by atoms with Gasteiger partial charge in [0.05, 0.1) is 11.5 Å². The number of hydrogen-bond acceptors (Lipinski definition) is 3. The minimum absolute atomic E-state index is 0.295. The van der Waals surface area contributed by atoms with Crippen LogP contribution >= 0.6 is 0 Å². The van der Waals surface area contributed by atoms with Crippen LogP contribution in [0.1, 0.15) is 32.8 Å². The Morgan fingerprint density at radius 3 is 2.59 bits per heavy atom. The minimum atomic E-state index is -0.630. The molecule has 1 unspecified atom stereocenters. The molecule has 1 heterocycles. The lowest BCUT2D eigenvalue weighted by Gasteiger charge is -2.26. The van der Waals surface area contributed by atoms with Gasteiger partial charge in [-0.3, -0.25) is 0 Å². The number of likely N-dealkylation sites (tertiary alicyclic amines) is 1. The van der Waals surface area contributed by atoms with Crippen LogP contribution in [-0.2, 0) is 11.2 Å². The van der Waals surface area contributed by atoms with E-state index in [1.54, 1.807) is 17.0 Å². The van der Waals surface area contributed by atoms with E-state index in [2.05, 4.69) is 6.07 Å². The van der Waals surface area contributed by atoms with Gasteiger partial charge in [-0.2, -0.15) is 5.26 Å². The van der Waals surface area contributed by atoms with Crippen molar-refractivity contribution >= 4 is 6.09 Å². The Balaban J connectivity index is 2.05. The standard InChI is InChI=1S/C17H21FN2O2/c1-16(2,3)22-15(21)20-9-8-17(11-19,12-20)10-13-4-6-14(18)7-5-13/h4-7H,8-10,12H2,1-3H3. The zero-order valence-corrected chi connectivity index (χ0v) is 13.2. The first-order valence-electron chi connectivity index (χ1n) is 7.37. The summed E-state index contributed by atoms with van der Waals surface area (Å²) in [5, 5.41) is 9.56. The van der Waals surface area contributed by atoms with Crippen LogP contribution in [0.3, 0.4) is 0 Å². The maximum Gasteiger partial charge on any atom is 0.410 e. The monoisotopic (exact) mass is 304 g/mol. The van der Waals surface area contributed by atoms with E-state index in [1.165, 1.54) is 12.1 Å². The normalized spacial score (nSPS) is 21.5. The van der Waals surface area contributed by atoms with Gasteiger partial charge in [-0.25, -0.2) is 9.18 Å². The summed E-state index contributed by atoms with van der Waals surface area (Å²) >= 11 is 0. The molecule has 0 saturated carbocycles. The van der Waals surface area contributed by atoms with E-state index in [4.69, 9.17) is 4.74 Å². The summed E-state index contributed by atoms with van der Waals surface area (Å²) in [5.74, 6) is -0.295. The predicted molar refractivity (Wildman–Crippen MR) is 80.6 cm³/mol. The number of rotatable bonds is 2. The maximum atomic E-state index is 13.0. The first kappa shape index (κ1) is 16.3. The van der Waals surface area contributed by atoms with Crippen LogP contribution < -0.4 is 0 Å². The van der Waals surface area contributed by atoms with E-state index in [0.29, 0.717) is 25.9 Å². The zero-order valence-electron chi connectivity index (χ0n) is 13.2. The van der Waals surface area contributed by atoms with Gasteiger partial charge in [0.1, 0.15) is 11.4 Å². The smallest absolute Gasteiger partial charge is 0.410 e. The quantitative estimate of drug-likeness (QED) is 0.840. The van der Waals surface area contributed by atoms with Crippen molar-refractivity contribution in [2.24, 2.45) is 5.41 Å². The van der Waals surface area contributed by atoms with Crippen LogP contribution in [0.5, 0.6) is 0 Å². The summed E-state index contributed by atoms with van der Waals surface area (Å²) < 4.78 is 18.3. The molecule has 5 heteroatoms. The number of nitriles is 1. The highest BCUT2D eigenvalue weighted by atomic mass is 19.1. The molecule has 1 atom stereocenters. The summed E-state index contributed by atoms with van der Waals surface area (Å²) in [7, 11) is 0. The second-order valence-corrected chi connectivity index (χ2v) is 6.85. The third-order valence-electron chi connectivity index (χ3n) is 3.70. The Labute approximate surface area is 130 Å². The van der Waals surface area contributed by atoms with E-state index in [1.807, 2.05) is 20.8 Å². The Hall–Kier alpha value is -2.09. The number of halogens is 1. The van der Waals surface area contributed by atoms with Crippen molar-refractivity contribution in [3.05, 3.63) is 35.6 Å². The fourth-order valence-electron chi connectivity index (χ4n) is 2.62. The molecule has 0 bridgehead atoms. The van der Waals surface area contributed by atoms with Crippen LogP contribution in [0.4, 0.5) is 9.18 Å². The first-order chi connectivity index (χ1) is 10.2. The molecule has 2 rings (SSSR count). The molecule has 0 N–H and O–H groups in total. The van der Waals surface area contributed by atoms with E-state index in [0.717, 1.165) is 5.56 Å². The van der Waals surface area contributed by atoms with Gasteiger partial charge in [-0.05, 0) is 51.3 Å². The molecule has 1 aromatic carbocycles. The van der Waals surface area contributed by atoms with Crippen molar-refractivity contribution in [1.29, 1.82) is 5.26 Å². The molecule has 22 heavy (non-hydrogen) atoms. The van der Waals surface area contributed by atoms with Crippen molar-refractivity contribution in [3.63, 3.8) is 0 Å². The molecule has 1 aliphatic heterocycles. The lowest BCUT2D eigenvalue weighted by Crippen LogP contribution is -2.37. The number of carbonyl (C=O) groups is 1. The average Bonchev–Trinajstić information content (AvgIpc) is 2.85. The van der Waals surface area contributed by atoms with Crippen molar-refractivity contribution < 1.29 is 13.9 Å². The minimum Gasteiger partial charge on any atom is -0.444 e. The van der Waals surface area contributed by atoms with Gasteiger partial charge in [0.2, 0.25) is 0 Å². The fourth-order valence-corrected chi connectivity index (χ4v) is 2.62. The van der Waals surface area contributed by atoms with E-state index < -0.39 is 11.0 Å². The summed E-state index contributed by atoms with van der Waals surface area (Å²) in [6.07, 6.45) is 0.715. The third-order valence-corrected chi connectivity index (χ3v) is 3.70. The van der Waals surface area contributed by atoms with Crippen LogP contribution in [0, 0.1) is 22.6 Å². The molecule has 0 aliphatic carbocycles. The van der Waals surface area contributed by atoms with Gasteiger partial charge >= 0.3 is 6.09 Å². The lowest BCUT2D eigenvalue weighted by molar-refractivity contribution is 0.0281. The average molecular weight is 304 g/mol. The molecule has 1 fully saturated rings. The zero-order chi connectivity index (χ0) is 16.4. The van der Waals surface area contributed by atoms with Gasteiger partial charge in [0.15, 0.2) is 0 Å². The largest absolute Gasteiger partial charge is 0.444 e. The third kappa shape index (κ3) is 3.97. The molecular formula is C17H21FN2O2. The van der Waals surface area contributed by atoms with Gasteiger partial charge in [0, 0.05) is 13.1 Å². The summed E-state index contributed by atoms with van der Waals surface area (Å²) in [6, 6.07) is 8.49. The molecule has 1 amide bonds. The molecule has 4 nitrogen and oxygen atoms in total. The summed E-state index contributed by atoms with van der Waals surface area (Å²) in [4.78, 5) is 13.7. The Morgan fingerprint density at radius 1 is 1.41 bits per heavy atom. The highest BCUT2D eigenvalue weighted by Crippen LogP contribution is 2.34. The first-order valence-corrected chi connectivity index (χ1v) is 7.37. The van der Waals surface area contributed by atoms with E-state index in [9.17, 15) is 14.4 Å². The van der Waals surface area contributed by atoms with Gasteiger partial charge in [-0.1, -0.05) is 12.1 Å². The number of hydrogen-bond donors (Lipinski definition) is 0. The second kappa shape index (κ2) is 5.96. The number of nitrogens with zero attached hydrogens (tertiary/aromatic N) is 2. The van der Waals surface area contributed by atoms with Crippen molar-refractivity contribution in [3.8, 4) is 6.07 Å². The predicted octanol–water partition coefficient (Wildman–Crippen LogP) is 3.52. The van der Waals surface area contributed by atoms with Crippen LogP contribution in [0.15, 0.2) is 24.3 Å². The Morgan fingerprint density at radius 2 is 2.05 bits per heavy atom. The molecule has 0 radical (unpaired) electrons. The molecule has 0 spiro atoms. The number of benzene rings is 1. The van der Waals surface area contributed by atoms with Crippen molar-refractivity contribution in [1.82, 2.24) is 4.90 Å². The Kier molecular flexibility index (Phi) is 4.41. The van der Waals surface area contributed by atoms with E-state index in [-0.39, 0.29) is 11.9 Å². The lowest BCUT2D eigenvalue weighted by atomic mass is 9.82. The molecule has 1 aliphatic rings. The van der Waals surface area contributed by atoms with Crippen LogP contribution in [0.2, 0.25) is 0 Å². The van der Waals surface area contributed by atoms with Gasteiger partial charge in [0.25, 0.3) is 0 Å². The molecule has 118 valence electrons. The van der Waals surface area contributed by atoms with Gasteiger partial charge < -0.3 is 9.64 Å². The van der Waals surface area contributed by atoms with Crippen LogP contribution in [-0.4, -0.2) is 29.7 Å². The van der Waals surface area contributed by atoms with E-state index >= 15 is 0 Å². The number of ether oxygens (including phenoxy) is 1. The van der Waals surface area contributed by atoms with Crippen LogP contribution in [0.25, 0.3) is 0 Å². The van der Waals surface area contributed by atoms with Crippen molar-refractivity contribution in [2.75, 3.05) is 13.1 Å². The van der Waals surface area contributed by atoms with Crippen molar-refractivity contribution in [2.45, 2.75) is 39.2 Å². The maximum absolute atomic E-state index is 13.0. The SMILES string of the molecule is CC(C)(C)OC(=O)N1CCC(C#N)(Cc2ccc(F)cc2)C1. The van der Waals surface area contributed by atoms with Gasteiger partial charge in [-0.15, -0.1) is 0 Å². The molecule has 1 aromatic rings. The molecular weight excluding hydrogens is 283 g/mol. The molecule has 0 aromatic heterocycles. The Bertz CT molecular complexity index is 586.